The third kappa shape index (κ3) is 1.82. The van der Waals surface area contributed by atoms with Gasteiger partial charge in [0.15, 0.2) is 0 Å². The maximum Gasteiger partial charge on any atom is 0.371 e. The number of amides is 1. The minimum atomic E-state index is -1.95. The second kappa shape index (κ2) is 4.13. The number of hydrogen-bond acceptors (Lipinski definition) is 3. The van der Waals surface area contributed by atoms with Gasteiger partial charge in [-0.05, 0) is 24.4 Å². The zero-order chi connectivity index (χ0) is 10.8. The fraction of sp³-hybridized carbons (Fsp3) is 0.875. The molecule has 80 valence electrons. The third-order valence-electron chi connectivity index (χ3n) is 2.48. The van der Waals surface area contributed by atoms with Gasteiger partial charge >= 0.3 is 10.9 Å². The highest BCUT2D eigenvalue weighted by Crippen LogP contribution is 2.25. The zero-order valence-electron chi connectivity index (χ0n) is 8.03. The molecule has 1 amide bonds. The zero-order valence-corrected chi connectivity index (χ0v) is 8.79. The van der Waals surface area contributed by atoms with Crippen molar-refractivity contribution >= 4 is 17.5 Å². The maximum atomic E-state index is 11.7. The average Bonchev–Trinajstić information content (AvgIpc) is 2.67. The number of nitrogens with zero attached hydrogens (tertiary/aromatic N) is 2. The fourth-order valence-corrected chi connectivity index (χ4v) is 1.64. The Morgan fingerprint density at radius 2 is 2.07 bits per heavy atom. The highest BCUT2D eigenvalue weighted by Gasteiger charge is 2.50. The molecule has 0 aliphatic carbocycles. The van der Waals surface area contributed by atoms with Crippen molar-refractivity contribution in [1.29, 1.82) is 0 Å². The molecule has 0 aromatic rings. The van der Waals surface area contributed by atoms with E-state index in [1.165, 1.54) is 4.90 Å². The number of alkyl halides is 1. The Balaban J connectivity index is 2.78. The first-order valence-corrected chi connectivity index (χ1v) is 5.03. The highest BCUT2D eigenvalue weighted by atomic mass is 35.5. The summed E-state index contributed by atoms with van der Waals surface area (Å²) in [6.07, 6.45) is 1.82. The summed E-state index contributed by atoms with van der Waals surface area (Å²) in [5.41, 5.74) is 0. The van der Waals surface area contributed by atoms with Crippen LogP contribution in [0.15, 0.2) is 0 Å². The molecule has 6 heteroatoms. The van der Waals surface area contributed by atoms with Crippen molar-refractivity contribution < 1.29 is 9.72 Å². The number of hydrogen-bond donors (Lipinski definition) is 0. The second-order valence-electron chi connectivity index (χ2n) is 3.37. The van der Waals surface area contributed by atoms with E-state index in [1.807, 2.05) is 0 Å². The lowest BCUT2D eigenvalue weighted by molar-refractivity contribution is -0.527. The van der Waals surface area contributed by atoms with E-state index in [0.29, 0.717) is 13.1 Å². The van der Waals surface area contributed by atoms with Crippen molar-refractivity contribution in [3.63, 3.8) is 0 Å². The van der Waals surface area contributed by atoms with Crippen molar-refractivity contribution in [2.24, 2.45) is 0 Å². The van der Waals surface area contributed by atoms with Gasteiger partial charge in [0, 0.05) is 19.5 Å². The molecule has 0 bridgehead atoms. The monoisotopic (exact) mass is 220 g/mol. The number of rotatable bonds is 3. The number of carbonyl (C=O) groups is 1. The minimum Gasteiger partial charge on any atom is -0.335 e. The van der Waals surface area contributed by atoms with Crippen molar-refractivity contribution in [3.8, 4) is 0 Å². The first-order chi connectivity index (χ1) is 6.52. The maximum absolute atomic E-state index is 11.7. The van der Waals surface area contributed by atoms with E-state index < -0.39 is 15.8 Å². The number of nitro groups is 1. The van der Waals surface area contributed by atoms with Gasteiger partial charge in [-0.2, -0.15) is 0 Å². The van der Waals surface area contributed by atoms with Crippen LogP contribution in [0, 0.1) is 10.1 Å². The minimum absolute atomic E-state index is 0.0108. The summed E-state index contributed by atoms with van der Waals surface area (Å²) in [6.45, 7) is 2.71. The smallest absolute Gasteiger partial charge is 0.335 e. The molecule has 1 aliphatic rings. The Bertz CT molecular complexity index is 253. The van der Waals surface area contributed by atoms with Crippen LogP contribution in [-0.4, -0.2) is 33.8 Å². The number of halogens is 1. The molecule has 14 heavy (non-hydrogen) atoms. The first-order valence-electron chi connectivity index (χ1n) is 4.65. The summed E-state index contributed by atoms with van der Waals surface area (Å²) >= 11 is 5.70. The molecule has 1 saturated heterocycles. The summed E-state index contributed by atoms with van der Waals surface area (Å²) in [5.74, 6) is -0.566. The Morgan fingerprint density at radius 1 is 1.57 bits per heavy atom. The summed E-state index contributed by atoms with van der Waals surface area (Å²) in [6, 6.07) is 0. The largest absolute Gasteiger partial charge is 0.371 e. The van der Waals surface area contributed by atoms with E-state index in [0.717, 1.165) is 12.8 Å². The predicted molar refractivity (Wildman–Crippen MR) is 51.7 cm³/mol. The van der Waals surface area contributed by atoms with Crippen LogP contribution < -0.4 is 0 Å². The number of likely N-dealkylation sites (tertiary alicyclic amines) is 1. The van der Waals surface area contributed by atoms with Gasteiger partial charge in [0.25, 0.3) is 0 Å². The lowest BCUT2D eigenvalue weighted by Gasteiger charge is -2.22. The van der Waals surface area contributed by atoms with Gasteiger partial charge in [-0.15, -0.1) is 0 Å². The van der Waals surface area contributed by atoms with Gasteiger partial charge in [0.05, 0.1) is 4.92 Å². The average molecular weight is 221 g/mol. The molecular weight excluding hydrogens is 208 g/mol. The van der Waals surface area contributed by atoms with Crippen molar-refractivity contribution in [1.82, 2.24) is 4.90 Å². The summed E-state index contributed by atoms with van der Waals surface area (Å²) in [7, 11) is 0. The van der Waals surface area contributed by atoms with Crippen LogP contribution in [0.25, 0.3) is 0 Å². The molecule has 0 aromatic carbocycles. The van der Waals surface area contributed by atoms with E-state index >= 15 is 0 Å². The molecule has 1 heterocycles. The van der Waals surface area contributed by atoms with Crippen LogP contribution in [0.4, 0.5) is 0 Å². The lowest BCUT2D eigenvalue weighted by Crippen LogP contribution is -2.48. The molecule has 0 radical (unpaired) electrons. The van der Waals surface area contributed by atoms with Crippen molar-refractivity contribution in [3.05, 3.63) is 10.1 Å². The van der Waals surface area contributed by atoms with E-state index in [-0.39, 0.29) is 6.42 Å². The van der Waals surface area contributed by atoms with Gasteiger partial charge < -0.3 is 4.90 Å². The molecule has 1 fully saturated rings. The molecule has 1 atom stereocenters. The van der Waals surface area contributed by atoms with Crippen LogP contribution in [0.5, 0.6) is 0 Å². The predicted octanol–water partition coefficient (Wildman–Crippen LogP) is 1.23. The summed E-state index contributed by atoms with van der Waals surface area (Å²) in [4.78, 5) is 21.2. The Hall–Kier alpha value is -0.840. The van der Waals surface area contributed by atoms with Gasteiger partial charge in [-0.25, -0.2) is 0 Å². The standard InChI is InChI=1S/C8H13ClN2O3/c1-2-8(9,11(13)14)7(12)10-5-3-4-6-10/h2-6H2,1H3/t8-/m1/s1. The number of carbonyl (C=O) groups excluding carboxylic acids is 1. The van der Waals surface area contributed by atoms with Gasteiger partial charge in [-0.3, -0.25) is 14.9 Å². The topological polar surface area (TPSA) is 63.5 Å². The lowest BCUT2D eigenvalue weighted by atomic mass is 10.2. The van der Waals surface area contributed by atoms with Crippen molar-refractivity contribution in [2.45, 2.75) is 31.2 Å². The normalized spacial score (nSPS) is 20.6. The van der Waals surface area contributed by atoms with Crippen LogP contribution in [0.1, 0.15) is 26.2 Å². The van der Waals surface area contributed by atoms with Crippen LogP contribution in [0.3, 0.4) is 0 Å². The highest BCUT2D eigenvalue weighted by molar-refractivity contribution is 6.33. The summed E-state index contributed by atoms with van der Waals surface area (Å²) in [5, 5.41) is 10.7. The third-order valence-corrected chi connectivity index (χ3v) is 3.05. The SMILES string of the molecule is CC[C@](Cl)(C(=O)N1CCCC1)[N+](=O)[O-]. The molecule has 0 spiro atoms. The fourth-order valence-electron chi connectivity index (χ4n) is 1.52. The molecule has 1 aliphatic heterocycles. The molecule has 0 unspecified atom stereocenters. The molecule has 5 nitrogen and oxygen atoms in total. The Morgan fingerprint density at radius 3 is 2.43 bits per heavy atom. The quantitative estimate of drug-likeness (QED) is 0.311. The summed E-state index contributed by atoms with van der Waals surface area (Å²) < 4.78 is 0. The molecule has 0 N–H and O–H groups in total. The van der Waals surface area contributed by atoms with Crippen LogP contribution >= 0.6 is 11.6 Å². The van der Waals surface area contributed by atoms with Gasteiger partial charge in [-0.1, -0.05) is 6.92 Å². The van der Waals surface area contributed by atoms with Crippen molar-refractivity contribution in [2.75, 3.05) is 13.1 Å². The van der Waals surface area contributed by atoms with E-state index in [2.05, 4.69) is 0 Å². The van der Waals surface area contributed by atoms with Crippen LogP contribution in [-0.2, 0) is 4.79 Å². The first kappa shape index (κ1) is 11.2. The Labute approximate surface area is 87.2 Å². The van der Waals surface area contributed by atoms with E-state index in [9.17, 15) is 14.9 Å². The van der Waals surface area contributed by atoms with Gasteiger partial charge in [0.1, 0.15) is 0 Å². The second-order valence-corrected chi connectivity index (χ2v) is 3.99. The Kier molecular flexibility index (Phi) is 3.31. The molecule has 0 saturated carbocycles. The molecule has 1 rings (SSSR count). The van der Waals surface area contributed by atoms with Gasteiger partial charge in [0.2, 0.25) is 0 Å². The molecular formula is C8H13ClN2O3. The van der Waals surface area contributed by atoms with E-state index in [4.69, 9.17) is 11.6 Å². The van der Waals surface area contributed by atoms with Crippen LogP contribution in [0.2, 0.25) is 0 Å². The molecule has 0 aromatic heterocycles. The van der Waals surface area contributed by atoms with E-state index in [1.54, 1.807) is 6.92 Å².